The molecule has 1 fully saturated rings. The number of rotatable bonds is 3. The van der Waals surface area contributed by atoms with Gasteiger partial charge in [0, 0.05) is 18.6 Å². The van der Waals surface area contributed by atoms with Gasteiger partial charge in [-0.1, -0.05) is 0 Å². The van der Waals surface area contributed by atoms with Crippen LogP contribution in [0.1, 0.15) is 29.3 Å². The van der Waals surface area contributed by atoms with E-state index in [1.165, 1.54) is 0 Å². The van der Waals surface area contributed by atoms with E-state index in [1.807, 2.05) is 0 Å². The lowest BCUT2D eigenvalue weighted by Crippen LogP contribution is -2.38. The number of benzene rings is 1. The summed E-state index contributed by atoms with van der Waals surface area (Å²) in [7, 11) is 0. The van der Waals surface area contributed by atoms with E-state index in [0.717, 1.165) is 6.42 Å². The maximum atomic E-state index is 13.6. The summed E-state index contributed by atoms with van der Waals surface area (Å²) in [6.07, 6.45) is -3.86. The Kier molecular flexibility index (Phi) is 4.51. The van der Waals surface area contributed by atoms with Crippen molar-refractivity contribution in [3.05, 3.63) is 35.1 Å². The molecule has 1 aromatic carbocycles. The largest absolute Gasteiger partial charge is 0.416 e. The second-order valence-electron chi connectivity index (χ2n) is 5.08. The number of hydrogen-bond acceptors (Lipinski definition) is 2. The third kappa shape index (κ3) is 3.72. The number of alkyl halides is 3. The van der Waals surface area contributed by atoms with E-state index in [0.29, 0.717) is 31.4 Å². The van der Waals surface area contributed by atoms with Crippen molar-refractivity contribution < 1.29 is 27.1 Å². The van der Waals surface area contributed by atoms with Gasteiger partial charge in [0.2, 0.25) is 0 Å². The summed E-state index contributed by atoms with van der Waals surface area (Å²) in [6.45, 7) is 2.79. The monoisotopic (exact) mass is 305 g/mol. The molecule has 1 heterocycles. The van der Waals surface area contributed by atoms with Gasteiger partial charge in [0.15, 0.2) is 0 Å². The zero-order valence-corrected chi connectivity index (χ0v) is 11.3. The lowest BCUT2D eigenvalue weighted by atomic mass is 10.00. The van der Waals surface area contributed by atoms with Crippen molar-refractivity contribution in [2.24, 2.45) is 5.92 Å². The van der Waals surface area contributed by atoms with Gasteiger partial charge < -0.3 is 10.1 Å². The first kappa shape index (κ1) is 15.8. The molecule has 1 aliphatic heterocycles. The normalized spacial score (nSPS) is 20.3. The quantitative estimate of drug-likeness (QED) is 0.872. The molecule has 0 aromatic heterocycles. The molecule has 116 valence electrons. The average molecular weight is 305 g/mol. The standard InChI is InChI=1S/C14H15F4NO2/c1-8(9-4-5-21-7-9)19-13(20)11-6-10(14(16,17)18)2-3-12(11)15/h2-3,6,8-9H,4-5,7H2,1H3,(H,19,20). The number of carbonyl (C=O) groups is 1. The summed E-state index contributed by atoms with van der Waals surface area (Å²) in [5.41, 5.74) is -1.65. The van der Waals surface area contributed by atoms with Crippen LogP contribution in [0.4, 0.5) is 17.6 Å². The van der Waals surface area contributed by atoms with Gasteiger partial charge in [-0.2, -0.15) is 13.2 Å². The minimum absolute atomic E-state index is 0.0859. The number of nitrogens with one attached hydrogen (secondary N) is 1. The summed E-state index contributed by atoms with van der Waals surface area (Å²) in [5.74, 6) is -1.74. The highest BCUT2D eigenvalue weighted by Gasteiger charge is 2.32. The van der Waals surface area contributed by atoms with Crippen LogP contribution in [0.5, 0.6) is 0 Å². The van der Waals surface area contributed by atoms with E-state index in [1.54, 1.807) is 6.92 Å². The van der Waals surface area contributed by atoms with Crippen molar-refractivity contribution in [2.75, 3.05) is 13.2 Å². The van der Waals surface area contributed by atoms with Crippen LogP contribution in [0.3, 0.4) is 0 Å². The molecule has 1 aliphatic rings. The topological polar surface area (TPSA) is 38.3 Å². The van der Waals surface area contributed by atoms with E-state index < -0.39 is 29.0 Å². The average Bonchev–Trinajstić information content (AvgIpc) is 2.91. The van der Waals surface area contributed by atoms with Crippen LogP contribution in [-0.4, -0.2) is 25.2 Å². The Labute approximate surface area is 119 Å². The number of halogens is 4. The van der Waals surface area contributed by atoms with Gasteiger partial charge in [0.1, 0.15) is 5.82 Å². The van der Waals surface area contributed by atoms with Crippen molar-refractivity contribution >= 4 is 5.91 Å². The molecule has 1 amide bonds. The Morgan fingerprint density at radius 1 is 1.43 bits per heavy atom. The zero-order chi connectivity index (χ0) is 15.6. The molecule has 7 heteroatoms. The Bertz CT molecular complexity index is 524. The Morgan fingerprint density at radius 2 is 2.14 bits per heavy atom. The van der Waals surface area contributed by atoms with Crippen molar-refractivity contribution in [2.45, 2.75) is 25.6 Å². The smallest absolute Gasteiger partial charge is 0.381 e. The highest BCUT2D eigenvalue weighted by Crippen LogP contribution is 2.30. The van der Waals surface area contributed by atoms with Gasteiger partial charge in [-0.25, -0.2) is 4.39 Å². The first-order valence-electron chi connectivity index (χ1n) is 6.54. The van der Waals surface area contributed by atoms with Gasteiger partial charge in [-0.3, -0.25) is 4.79 Å². The fourth-order valence-corrected chi connectivity index (χ4v) is 2.23. The molecule has 0 bridgehead atoms. The fourth-order valence-electron chi connectivity index (χ4n) is 2.23. The van der Waals surface area contributed by atoms with E-state index >= 15 is 0 Å². The maximum Gasteiger partial charge on any atom is 0.416 e. The fraction of sp³-hybridized carbons (Fsp3) is 0.500. The van der Waals surface area contributed by atoms with Crippen LogP contribution in [-0.2, 0) is 10.9 Å². The van der Waals surface area contributed by atoms with Crippen molar-refractivity contribution in [3.8, 4) is 0 Å². The lowest BCUT2D eigenvalue weighted by Gasteiger charge is -2.19. The molecule has 0 radical (unpaired) electrons. The van der Waals surface area contributed by atoms with Gasteiger partial charge in [-0.05, 0) is 31.5 Å². The van der Waals surface area contributed by atoms with Crippen LogP contribution in [0.25, 0.3) is 0 Å². The second-order valence-corrected chi connectivity index (χ2v) is 5.08. The van der Waals surface area contributed by atoms with Crippen LogP contribution >= 0.6 is 0 Å². The van der Waals surface area contributed by atoms with Crippen molar-refractivity contribution in [1.29, 1.82) is 0 Å². The molecule has 0 saturated carbocycles. The molecular formula is C14H15F4NO2. The first-order valence-corrected chi connectivity index (χ1v) is 6.54. The second kappa shape index (κ2) is 6.01. The maximum absolute atomic E-state index is 13.6. The van der Waals surface area contributed by atoms with Gasteiger partial charge >= 0.3 is 6.18 Å². The molecule has 1 N–H and O–H groups in total. The summed E-state index contributed by atoms with van der Waals surface area (Å²) >= 11 is 0. The molecule has 3 nitrogen and oxygen atoms in total. The number of amides is 1. The summed E-state index contributed by atoms with van der Waals surface area (Å²) < 4.78 is 56.6. The minimum Gasteiger partial charge on any atom is -0.381 e. The summed E-state index contributed by atoms with van der Waals surface area (Å²) in [4.78, 5) is 12.0. The predicted octanol–water partition coefficient (Wildman–Crippen LogP) is 3.00. The minimum atomic E-state index is -4.62. The third-order valence-electron chi connectivity index (χ3n) is 3.57. The molecular weight excluding hydrogens is 290 g/mol. The van der Waals surface area contributed by atoms with E-state index in [-0.39, 0.29) is 12.0 Å². The molecule has 1 saturated heterocycles. The third-order valence-corrected chi connectivity index (χ3v) is 3.57. The van der Waals surface area contributed by atoms with Crippen molar-refractivity contribution in [1.82, 2.24) is 5.32 Å². The summed E-state index contributed by atoms with van der Waals surface area (Å²) in [5, 5.41) is 2.53. The molecule has 2 rings (SSSR count). The molecule has 2 unspecified atom stereocenters. The highest BCUT2D eigenvalue weighted by atomic mass is 19.4. The lowest BCUT2D eigenvalue weighted by molar-refractivity contribution is -0.137. The van der Waals surface area contributed by atoms with Crippen LogP contribution in [0.15, 0.2) is 18.2 Å². The van der Waals surface area contributed by atoms with Gasteiger partial charge in [-0.15, -0.1) is 0 Å². The number of ether oxygens (including phenoxy) is 1. The van der Waals surface area contributed by atoms with Crippen LogP contribution in [0, 0.1) is 11.7 Å². The van der Waals surface area contributed by atoms with Gasteiger partial charge in [0.05, 0.1) is 17.7 Å². The Hall–Kier alpha value is -1.63. The first-order chi connectivity index (χ1) is 9.79. The molecule has 21 heavy (non-hydrogen) atoms. The summed E-state index contributed by atoms with van der Waals surface area (Å²) in [6, 6.07) is 1.50. The number of hydrogen-bond donors (Lipinski definition) is 1. The SMILES string of the molecule is CC(NC(=O)c1cc(C(F)(F)F)ccc1F)C1CCOC1. The Morgan fingerprint density at radius 3 is 2.71 bits per heavy atom. The van der Waals surface area contributed by atoms with Crippen LogP contribution < -0.4 is 5.32 Å². The van der Waals surface area contributed by atoms with E-state index in [9.17, 15) is 22.4 Å². The number of carbonyl (C=O) groups excluding carboxylic acids is 1. The van der Waals surface area contributed by atoms with Crippen LogP contribution in [0.2, 0.25) is 0 Å². The zero-order valence-electron chi connectivity index (χ0n) is 11.3. The highest BCUT2D eigenvalue weighted by molar-refractivity contribution is 5.94. The van der Waals surface area contributed by atoms with E-state index in [4.69, 9.17) is 4.74 Å². The predicted molar refractivity (Wildman–Crippen MR) is 67.3 cm³/mol. The van der Waals surface area contributed by atoms with E-state index in [2.05, 4.69) is 5.32 Å². The van der Waals surface area contributed by atoms with Crippen molar-refractivity contribution in [3.63, 3.8) is 0 Å². The molecule has 1 aromatic rings. The molecule has 0 aliphatic carbocycles. The molecule has 0 spiro atoms. The Balaban J connectivity index is 2.14. The van der Waals surface area contributed by atoms with Gasteiger partial charge in [0.25, 0.3) is 5.91 Å². The molecule has 2 atom stereocenters.